The molecule has 3 aliphatic rings. The van der Waals surface area contributed by atoms with Crippen LogP contribution in [-0.2, 0) is 27.0 Å². The second-order valence-corrected chi connectivity index (χ2v) is 10.3. The summed E-state index contributed by atoms with van der Waals surface area (Å²) in [7, 11) is 0. The van der Waals surface area contributed by atoms with Crippen molar-refractivity contribution in [2.75, 3.05) is 44.3 Å². The Morgan fingerprint density at radius 1 is 1.08 bits per heavy atom. The van der Waals surface area contributed by atoms with Gasteiger partial charge in [-0.05, 0) is 62.9 Å². The van der Waals surface area contributed by atoms with E-state index in [1.807, 2.05) is 0 Å². The quantitative estimate of drug-likeness (QED) is 0.525. The fourth-order valence-electron chi connectivity index (χ4n) is 5.64. The number of rotatable bonds is 5. The van der Waals surface area contributed by atoms with E-state index in [4.69, 9.17) is 4.74 Å². The number of amides is 1. The zero-order chi connectivity index (χ0) is 28.6. The van der Waals surface area contributed by atoms with Crippen molar-refractivity contribution in [3.05, 3.63) is 29.3 Å². The van der Waals surface area contributed by atoms with E-state index in [9.17, 15) is 41.0 Å². The van der Waals surface area contributed by atoms with Crippen molar-refractivity contribution < 1.29 is 50.5 Å². The van der Waals surface area contributed by atoms with Crippen LogP contribution < -0.4 is 4.90 Å². The fourth-order valence-corrected chi connectivity index (χ4v) is 5.64. The molecule has 1 amide bonds. The largest absolute Gasteiger partial charge is 0.480 e. The Bertz CT molecular complexity index is 1060. The second-order valence-electron chi connectivity index (χ2n) is 10.3. The lowest BCUT2D eigenvalue weighted by Gasteiger charge is -2.45. The highest BCUT2D eigenvalue weighted by Crippen LogP contribution is 2.41. The van der Waals surface area contributed by atoms with Gasteiger partial charge in [-0.1, -0.05) is 0 Å². The highest BCUT2D eigenvalue weighted by molar-refractivity contribution is 5.79. The molecule has 1 aromatic carbocycles. The number of ether oxygens (including phenoxy) is 2. The second kappa shape index (κ2) is 11.0. The van der Waals surface area contributed by atoms with Crippen molar-refractivity contribution in [2.45, 2.75) is 69.2 Å². The normalized spacial score (nSPS) is 23.2. The Labute approximate surface area is 221 Å². The van der Waals surface area contributed by atoms with Crippen molar-refractivity contribution in [1.82, 2.24) is 9.80 Å². The Morgan fingerprint density at radius 2 is 1.77 bits per heavy atom. The molecule has 0 saturated carbocycles. The van der Waals surface area contributed by atoms with Crippen LogP contribution in [0.25, 0.3) is 0 Å². The lowest BCUT2D eigenvalue weighted by molar-refractivity contribution is -0.200. The Balaban J connectivity index is 1.51. The summed E-state index contributed by atoms with van der Waals surface area (Å²) in [6.45, 7) is 2.06. The smallest absolute Gasteiger partial charge is 0.425 e. The number of nitrogens with zero attached hydrogens (tertiary/aromatic N) is 3. The molecule has 3 heterocycles. The molecular weight excluding hydrogens is 536 g/mol. The molecular formula is C25H31F6N3O5. The maximum atomic E-state index is 13.8. The molecule has 3 saturated heterocycles. The van der Waals surface area contributed by atoms with Gasteiger partial charge < -0.3 is 24.4 Å². The third kappa shape index (κ3) is 6.53. The number of aliphatic carboxylic acids is 1. The lowest BCUT2D eigenvalue weighted by Crippen LogP contribution is -2.53. The van der Waals surface area contributed by atoms with Gasteiger partial charge in [-0.3, -0.25) is 4.90 Å². The van der Waals surface area contributed by atoms with Gasteiger partial charge in [0.15, 0.2) is 12.1 Å². The summed E-state index contributed by atoms with van der Waals surface area (Å²) < 4.78 is 89.6. The van der Waals surface area contributed by atoms with Crippen LogP contribution in [0.2, 0.25) is 0 Å². The van der Waals surface area contributed by atoms with Crippen molar-refractivity contribution in [3.63, 3.8) is 0 Å². The highest BCUT2D eigenvalue weighted by Gasteiger charge is 2.46. The average Bonchev–Trinajstić information content (AvgIpc) is 3.24. The molecule has 3 aliphatic heterocycles. The van der Waals surface area contributed by atoms with E-state index < -0.39 is 47.7 Å². The number of anilines is 1. The molecule has 14 heteroatoms. The highest BCUT2D eigenvalue weighted by atomic mass is 19.4. The summed E-state index contributed by atoms with van der Waals surface area (Å²) in [4.78, 5) is 28.7. The summed E-state index contributed by atoms with van der Waals surface area (Å²) in [5.74, 6) is -1.19. The topological polar surface area (TPSA) is 82.5 Å². The molecule has 4 rings (SSSR count). The molecule has 2 unspecified atom stereocenters. The van der Waals surface area contributed by atoms with Crippen LogP contribution >= 0.6 is 0 Å². The van der Waals surface area contributed by atoms with Crippen molar-refractivity contribution >= 4 is 17.7 Å². The summed E-state index contributed by atoms with van der Waals surface area (Å²) in [6.07, 6.45) is -10.2. The lowest BCUT2D eigenvalue weighted by atomic mass is 9.84. The van der Waals surface area contributed by atoms with E-state index in [1.54, 1.807) is 6.07 Å². The first-order valence-corrected chi connectivity index (χ1v) is 12.8. The number of alkyl halides is 6. The summed E-state index contributed by atoms with van der Waals surface area (Å²) in [5.41, 5.74) is -0.767. The number of likely N-dealkylation sites (tertiary alicyclic amines) is 2. The molecule has 0 radical (unpaired) electrons. The van der Waals surface area contributed by atoms with Gasteiger partial charge in [0.2, 0.25) is 0 Å². The van der Waals surface area contributed by atoms with E-state index >= 15 is 0 Å². The van der Waals surface area contributed by atoms with Gasteiger partial charge in [-0.2, -0.15) is 26.3 Å². The predicted molar refractivity (Wildman–Crippen MR) is 126 cm³/mol. The molecule has 8 nitrogen and oxygen atoms in total. The van der Waals surface area contributed by atoms with Gasteiger partial charge >= 0.3 is 24.4 Å². The molecule has 0 aromatic heterocycles. The zero-order valence-electron chi connectivity index (χ0n) is 21.4. The van der Waals surface area contributed by atoms with Crippen molar-refractivity contribution in [2.24, 2.45) is 0 Å². The maximum absolute atomic E-state index is 13.8. The van der Waals surface area contributed by atoms with Gasteiger partial charge in [-0.15, -0.1) is 0 Å². The van der Waals surface area contributed by atoms with E-state index in [1.165, 1.54) is 9.80 Å². The molecule has 3 fully saturated rings. The van der Waals surface area contributed by atoms with E-state index in [0.29, 0.717) is 24.9 Å². The first-order chi connectivity index (χ1) is 18.2. The average molecular weight is 568 g/mol. The molecule has 218 valence electrons. The monoisotopic (exact) mass is 567 g/mol. The molecule has 39 heavy (non-hydrogen) atoms. The third-order valence-corrected chi connectivity index (χ3v) is 7.86. The van der Waals surface area contributed by atoms with Gasteiger partial charge in [0.1, 0.15) is 0 Å². The summed E-state index contributed by atoms with van der Waals surface area (Å²) in [6, 6.07) is 2.48. The number of carboxylic acids is 1. The van der Waals surface area contributed by atoms with Gasteiger partial charge in [0.25, 0.3) is 0 Å². The number of carboxylic acid groups (broad SMARTS) is 1. The van der Waals surface area contributed by atoms with Gasteiger partial charge in [0.05, 0.1) is 18.8 Å². The Kier molecular flexibility index (Phi) is 8.27. The SMILES string of the molecule is CC(OC(=O)N1CCC2(CCCN2Cc2cc(N3CCOCC3C(=O)O)cc(C(F)(F)F)c2)CC1)C(F)(F)F. The van der Waals surface area contributed by atoms with E-state index in [-0.39, 0.29) is 45.1 Å². The molecule has 1 aromatic rings. The number of carbonyl (C=O) groups excluding carboxylic acids is 1. The molecule has 2 atom stereocenters. The number of hydrogen-bond acceptors (Lipinski definition) is 6. The van der Waals surface area contributed by atoms with Crippen LogP contribution in [-0.4, -0.2) is 90.2 Å². The van der Waals surface area contributed by atoms with Gasteiger partial charge in [0, 0.05) is 37.4 Å². The minimum atomic E-state index is -4.66. The van der Waals surface area contributed by atoms with Crippen LogP contribution in [0, 0.1) is 0 Å². The molecule has 0 aliphatic carbocycles. The van der Waals surface area contributed by atoms with Crippen molar-refractivity contribution in [1.29, 1.82) is 0 Å². The third-order valence-electron chi connectivity index (χ3n) is 7.86. The number of piperidine rings is 1. The van der Waals surface area contributed by atoms with E-state index in [0.717, 1.165) is 31.9 Å². The first kappa shape index (κ1) is 29.2. The Hall–Kier alpha value is -2.74. The summed E-state index contributed by atoms with van der Waals surface area (Å²) >= 11 is 0. The Morgan fingerprint density at radius 3 is 2.38 bits per heavy atom. The standard InChI is InChI=1S/C25H31F6N3O5/c1-16(24(26,27)28)39-22(37)32-7-4-23(5-8-32)3-2-6-33(23)14-17-11-18(25(29,30)31)13-19(12-17)34-9-10-38-15-20(34)21(35)36/h11-13,16,20H,2-10,14-15H2,1H3,(H,35,36). The van der Waals surface area contributed by atoms with Gasteiger partial charge in [-0.25, -0.2) is 9.59 Å². The first-order valence-electron chi connectivity index (χ1n) is 12.8. The predicted octanol–water partition coefficient (Wildman–Crippen LogP) is 4.51. The van der Waals surface area contributed by atoms with Crippen LogP contribution in [0.1, 0.15) is 43.7 Å². The number of morpholine rings is 1. The van der Waals surface area contributed by atoms with Crippen LogP contribution in [0.15, 0.2) is 18.2 Å². The van der Waals surface area contributed by atoms with Crippen LogP contribution in [0.3, 0.4) is 0 Å². The van der Waals surface area contributed by atoms with Crippen LogP contribution in [0.4, 0.5) is 36.8 Å². The number of carbonyl (C=O) groups is 2. The minimum absolute atomic E-state index is 0.129. The minimum Gasteiger partial charge on any atom is -0.480 e. The molecule has 1 spiro atoms. The van der Waals surface area contributed by atoms with Crippen molar-refractivity contribution in [3.8, 4) is 0 Å². The fraction of sp³-hybridized carbons (Fsp3) is 0.680. The maximum Gasteiger partial charge on any atom is 0.425 e. The number of halogens is 6. The van der Waals surface area contributed by atoms with Crippen LogP contribution in [0.5, 0.6) is 0 Å². The zero-order valence-corrected chi connectivity index (χ0v) is 21.4. The molecule has 0 bridgehead atoms. The number of hydrogen-bond donors (Lipinski definition) is 1. The van der Waals surface area contributed by atoms with E-state index in [2.05, 4.69) is 9.64 Å². The summed E-state index contributed by atoms with van der Waals surface area (Å²) in [5, 5.41) is 9.57. The number of benzene rings is 1. The molecule has 1 N–H and O–H groups in total.